The summed E-state index contributed by atoms with van der Waals surface area (Å²) in [4.78, 5) is 7.06. The van der Waals surface area contributed by atoms with Crippen LogP contribution in [-0.2, 0) is 12.7 Å². The Kier molecular flexibility index (Phi) is 5.61. The lowest BCUT2D eigenvalue weighted by Crippen LogP contribution is -2.23. The molecule has 1 saturated heterocycles. The van der Waals surface area contributed by atoms with Crippen LogP contribution in [0.4, 0.5) is 24.0 Å². The van der Waals surface area contributed by atoms with Crippen LogP contribution in [0, 0.1) is 0 Å². The standard InChI is InChI=1S/C25H22F3N3S/c26-25(27,28)19-9-3-6-17(14-19)15-31-13-5-12-23(31)22-16-32-24(30-22)29-21-11-4-8-18-7-1-2-10-20(18)21/h1-4,6-11,14,16,23H,5,12-13,15H2,(H,29,30). The van der Waals surface area contributed by atoms with E-state index in [-0.39, 0.29) is 6.04 Å². The molecule has 5 rings (SSSR count). The van der Waals surface area contributed by atoms with Gasteiger partial charge in [-0.3, -0.25) is 4.90 Å². The molecule has 32 heavy (non-hydrogen) atoms. The van der Waals surface area contributed by atoms with Gasteiger partial charge in [-0.25, -0.2) is 4.98 Å². The fourth-order valence-corrected chi connectivity index (χ4v) is 5.15. The van der Waals surface area contributed by atoms with Crippen LogP contribution in [-0.4, -0.2) is 16.4 Å². The topological polar surface area (TPSA) is 28.2 Å². The minimum atomic E-state index is -4.32. The van der Waals surface area contributed by atoms with Crippen molar-refractivity contribution in [3.63, 3.8) is 0 Å². The van der Waals surface area contributed by atoms with Gasteiger partial charge in [0.2, 0.25) is 0 Å². The van der Waals surface area contributed by atoms with Gasteiger partial charge in [-0.1, -0.05) is 54.6 Å². The van der Waals surface area contributed by atoms with E-state index >= 15 is 0 Å². The molecule has 1 fully saturated rings. The molecule has 3 nitrogen and oxygen atoms in total. The first-order chi connectivity index (χ1) is 15.5. The lowest BCUT2D eigenvalue weighted by molar-refractivity contribution is -0.137. The van der Waals surface area contributed by atoms with Crippen LogP contribution in [0.2, 0.25) is 0 Å². The summed E-state index contributed by atoms with van der Waals surface area (Å²) in [6.07, 6.45) is -2.36. The van der Waals surface area contributed by atoms with Gasteiger partial charge in [-0.2, -0.15) is 13.2 Å². The van der Waals surface area contributed by atoms with Crippen LogP contribution >= 0.6 is 11.3 Å². The van der Waals surface area contributed by atoms with Gasteiger partial charge in [-0.15, -0.1) is 11.3 Å². The maximum absolute atomic E-state index is 13.1. The zero-order valence-corrected chi connectivity index (χ0v) is 18.1. The highest BCUT2D eigenvalue weighted by Crippen LogP contribution is 2.37. The van der Waals surface area contributed by atoms with Gasteiger partial charge in [0.1, 0.15) is 0 Å². The molecular formula is C25H22F3N3S. The number of rotatable bonds is 5. The third-order valence-electron chi connectivity index (χ3n) is 5.90. The van der Waals surface area contributed by atoms with Crippen LogP contribution in [0.3, 0.4) is 0 Å². The van der Waals surface area contributed by atoms with E-state index in [0.717, 1.165) is 52.7 Å². The molecule has 7 heteroatoms. The van der Waals surface area contributed by atoms with Gasteiger partial charge < -0.3 is 5.32 Å². The number of hydrogen-bond acceptors (Lipinski definition) is 4. The van der Waals surface area contributed by atoms with E-state index in [2.05, 4.69) is 33.8 Å². The summed E-state index contributed by atoms with van der Waals surface area (Å²) in [6, 6.07) is 20.1. The number of likely N-dealkylation sites (tertiary alicyclic amines) is 1. The summed E-state index contributed by atoms with van der Waals surface area (Å²) in [5, 5.41) is 8.62. The Balaban J connectivity index is 1.33. The summed E-state index contributed by atoms with van der Waals surface area (Å²) in [5.74, 6) is 0. The van der Waals surface area contributed by atoms with E-state index in [1.807, 2.05) is 24.3 Å². The highest BCUT2D eigenvalue weighted by atomic mass is 32.1. The minimum Gasteiger partial charge on any atom is -0.331 e. The van der Waals surface area contributed by atoms with E-state index in [9.17, 15) is 13.2 Å². The first kappa shape index (κ1) is 21.0. The zero-order chi connectivity index (χ0) is 22.1. The van der Waals surface area contributed by atoms with E-state index in [4.69, 9.17) is 4.98 Å². The van der Waals surface area contributed by atoms with Crippen molar-refractivity contribution in [2.24, 2.45) is 0 Å². The molecule has 1 atom stereocenters. The molecular weight excluding hydrogens is 431 g/mol. The van der Waals surface area contributed by atoms with Crippen LogP contribution in [0.25, 0.3) is 10.8 Å². The lowest BCUT2D eigenvalue weighted by Gasteiger charge is -2.23. The third kappa shape index (κ3) is 4.36. The Morgan fingerprint density at radius 3 is 2.72 bits per heavy atom. The molecule has 4 aromatic rings. The number of thiazole rings is 1. The number of hydrogen-bond donors (Lipinski definition) is 1. The summed E-state index contributed by atoms with van der Waals surface area (Å²) in [5.41, 5.74) is 2.07. The predicted octanol–water partition coefficient (Wildman–Crippen LogP) is 7.40. The van der Waals surface area contributed by atoms with Crippen LogP contribution in [0.1, 0.15) is 35.7 Å². The molecule has 1 N–H and O–H groups in total. The van der Waals surface area contributed by atoms with Crippen LogP contribution < -0.4 is 5.32 Å². The van der Waals surface area contributed by atoms with Crippen LogP contribution in [0.15, 0.2) is 72.1 Å². The molecule has 0 saturated carbocycles. The number of nitrogens with one attached hydrogen (secondary N) is 1. The molecule has 1 aromatic heterocycles. The zero-order valence-electron chi connectivity index (χ0n) is 17.3. The molecule has 2 heterocycles. The molecule has 0 amide bonds. The van der Waals surface area contributed by atoms with Crippen molar-refractivity contribution in [3.8, 4) is 0 Å². The number of anilines is 2. The van der Waals surface area contributed by atoms with Gasteiger partial charge in [-0.05, 0) is 42.5 Å². The summed E-state index contributed by atoms with van der Waals surface area (Å²) in [7, 11) is 0. The molecule has 3 aromatic carbocycles. The van der Waals surface area contributed by atoms with Crippen molar-refractivity contribution in [1.29, 1.82) is 0 Å². The molecule has 0 aliphatic carbocycles. The highest BCUT2D eigenvalue weighted by Gasteiger charge is 2.32. The molecule has 1 aliphatic heterocycles. The van der Waals surface area contributed by atoms with E-state index in [1.54, 1.807) is 17.4 Å². The van der Waals surface area contributed by atoms with Crippen molar-refractivity contribution >= 4 is 32.9 Å². The fourth-order valence-electron chi connectivity index (χ4n) is 4.38. The summed E-state index contributed by atoms with van der Waals surface area (Å²) < 4.78 is 39.2. The average Bonchev–Trinajstić information content (AvgIpc) is 3.43. The Labute approximate surface area is 188 Å². The number of fused-ring (bicyclic) bond motifs is 1. The van der Waals surface area contributed by atoms with Gasteiger partial charge >= 0.3 is 6.18 Å². The number of alkyl halides is 3. The largest absolute Gasteiger partial charge is 0.416 e. The second kappa shape index (κ2) is 8.56. The van der Waals surface area contributed by atoms with Crippen molar-refractivity contribution in [1.82, 2.24) is 9.88 Å². The van der Waals surface area contributed by atoms with E-state index < -0.39 is 11.7 Å². The Hall–Kier alpha value is -2.90. The maximum Gasteiger partial charge on any atom is 0.416 e. The lowest BCUT2D eigenvalue weighted by atomic mass is 10.1. The van der Waals surface area contributed by atoms with Crippen molar-refractivity contribution in [3.05, 3.63) is 88.9 Å². The molecule has 0 bridgehead atoms. The van der Waals surface area contributed by atoms with Gasteiger partial charge in [0.05, 0.1) is 17.3 Å². The second-order valence-electron chi connectivity index (χ2n) is 8.06. The first-order valence-corrected chi connectivity index (χ1v) is 11.5. The van der Waals surface area contributed by atoms with Crippen molar-refractivity contribution < 1.29 is 13.2 Å². The molecule has 1 unspecified atom stereocenters. The fraction of sp³-hybridized carbons (Fsp3) is 0.240. The quantitative estimate of drug-likeness (QED) is 0.341. The predicted molar refractivity (Wildman–Crippen MR) is 123 cm³/mol. The van der Waals surface area contributed by atoms with Gasteiger partial charge in [0.25, 0.3) is 0 Å². The Bertz CT molecular complexity index is 1230. The van der Waals surface area contributed by atoms with E-state index in [0.29, 0.717) is 12.1 Å². The third-order valence-corrected chi connectivity index (χ3v) is 6.67. The van der Waals surface area contributed by atoms with E-state index in [1.165, 1.54) is 12.1 Å². The summed E-state index contributed by atoms with van der Waals surface area (Å²) >= 11 is 1.56. The Morgan fingerprint density at radius 1 is 1.03 bits per heavy atom. The number of nitrogens with zero attached hydrogens (tertiary/aromatic N) is 2. The van der Waals surface area contributed by atoms with Crippen molar-refractivity contribution in [2.45, 2.75) is 31.6 Å². The average molecular weight is 454 g/mol. The normalized spacial score (nSPS) is 17.2. The SMILES string of the molecule is FC(F)(F)c1cccc(CN2CCCC2c2csc(Nc3cccc4ccccc34)n2)c1. The van der Waals surface area contributed by atoms with Crippen molar-refractivity contribution in [2.75, 3.05) is 11.9 Å². The minimum absolute atomic E-state index is 0.115. The second-order valence-corrected chi connectivity index (χ2v) is 8.91. The van der Waals surface area contributed by atoms with Gasteiger partial charge in [0.15, 0.2) is 5.13 Å². The maximum atomic E-state index is 13.1. The molecule has 1 aliphatic rings. The van der Waals surface area contributed by atoms with Crippen LogP contribution in [0.5, 0.6) is 0 Å². The van der Waals surface area contributed by atoms with Gasteiger partial charge in [0, 0.05) is 23.0 Å². The number of benzene rings is 3. The molecule has 0 spiro atoms. The highest BCUT2D eigenvalue weighted by molar-refractivity contribution is 7.13. The number of halogens is 3. The summed E-state index contributed by atoms with van der Waals surface area (Å²) in [6.45, 7) is 1.34. The Morgan fingerprint density at radius 2 is 1.84 bits per heavy atom. The first-order valence-electron chi connectivity index (χ1n) is 10.6. The molecule has 164 valence electrons. The smallest absolute Gasteiger partial charge is 0.331 e. The monoisotopic (exact) mass is 453 g/mol. The molecule has 0 radical (unpaired) electrons. The number of aromatic nitrogens is 1.